The molecule has 1 aromatic rings. The van der Waals surface area contributed by atoms with Crippen molar-refractivity contribution >= 4 is 17.1 Å². The van der Waals surface area contributed by atoms with Crippen LogP contribution in [0.4, 0.5) is 17.1 Å². The average Bonchev–Trinajstić information content (AvgIpc) is 2.45. The Bertz CT molecular complexity index is 480. The van der Waals surface area contributed by atoms with Crippen molar-refractivity contribution in [3.8, 4) is 0 Å². The second-order valence-electron chi connectivity index (χ2n) is 5.32. The van der Waals surface area contributed by atoms with Gasteiger partial charge in [0.1, 0.15) is 0 Å². The third kappa shape index (κ3) is 3.82. The lowest BCUT2D eigenvalue weighted by molar-refractivity contribution is -0.384. The molecule has 1 aliphatic heterocycles. The lowest BCUT2D eigenvalue weighted by Crippen LogP contribution is -2.35. The molecule has 1 heterocycles. The number of nitro groups is 1. The van der Waals surface area contributed by atoms with Gasteiger partial charge in [-0.2, -0.15) is 0 Å². The maximum Gasteiger partial charge on any atom is 0.273 e. The summed E-state index contributed by atoms with van der Waals surface area (Å²) in [5.74, 6) is 5.91. The number of hydrazine groups is 1. The van der Waals surface area contributed by atoms with Crippen molar-refractivity contribution < 1.29 is 4.92 Å². The van der Waals surface area contributed by atoms with Crippen LogP contribution in [0.3, 0.4) is 0 Å². The van der Waals surface area contributed by atoms with E-state index in [2.05, 4.69) is 22.7 Å². The smallest absolute Gasteiger partial charge is 0.273 e. The number of rotatable bonds is 5. The second-order valence-corrected chi connectivity index (χ2v) is 5.32. The van der Waals surface area contributed by atoms with Crippen LogP contribution in [0.2, 0.25) is 0 Å². The molecular weight excluding hydrogens is 258 g/mol. The van der Waals surface area contributed by atoms with E-state index in [0.29, 0.717) is 11.6 Å². The van der Waals surface area contributed by atoms with E-state index in [0.717, 1.165) is 25.3 Å². The quantitative estimate of drug-likeness (QED) is 0.431. The zero-order chi connectivity index (χ0) is 14.5. The van der Waals surface area contributed by atoms with Gasteiger partial charge in [-0.1, -0.05) is 0 Å². The molecule has 0 aromatic heterocycles. The normalized spacial score (nSPS) is 19.6. The van der Waals surface area contributed by atoms with Crippen LogP contribution in [-0.2, 0) is 0 Å². The number of hydrogen-bond donors (Lipinski definition) is 3. The fourth-order valence-corrected chi connectivity index (χ4v) is 2.60. The summed E-state index contributed by atoms with van der Waals surface area (Å²) in [6.07, 6.45) is 2.39. The molecule has 4 N–H and O–H groups in total. The Kier molecular flexibility index (Phi) is 4.75. The molecule has 0 saturated carbocycles. The fraction of sp³-hybridized carbons (Fsp3) is 0.538. The highest BCUT2D eigenvalue weighted by Gasteiger charge is 2.17. The highest BCUT2D eigenvalue weighted by molar-refractivity contribution is 5.63. The van der Waals surface area contributed by atoms with E-state index in [1.54, 1.807) is 6.07 Å². The van der Waals surface area contributed by atoms with Crippen LogP contribution in [0.1, 0.15) is 12.8 Å². The van der Waals surface area contributed by atoms with Crippen molar-refractivity contribution in [3.05, 3.63) is 28.3 Å². The summed E-state index contributed by atoms with van der Waals surface area (Å²) < 4.78 is 0. The largest absolute Gasteiger partial charge is 0.384 e. The van der Waals surface area contributed by atoms with Gasteiger partial charge in [-0.15, -0.1) is 0 Å². The Morgan fingerprint density at radius 2 is 2.20 bits per heavy atom. The van der Waals surface area contributed by atoms with E-state index in [-0.39, 0.29) is 5.69 Å². The molecule has 7 heteroatoms. The van der Waals surface area contributed by atoms with Gasteiger partial charge in [0.2, 0.25) is 0 Å². The summed E-state index contributed by atoms with van der Waals surface area (Å²) in [7, 11) is 2.12. The summed E-state index contributed by atoms with van der Waals surface area (Å²) in [5.41, 5.74) is 3.74. The highest BCUT2D eigenvalue weighted by atomic mass is 16.6. The number of likely N-dealkylation sites (tertiary alicyclic amines) is 1. The summed E-state index contributed by atoms with van der Waals surface area (Å²) in [6, 6.07) is 4.73. The molecule has 1 unspecified atom stereocenters. The van der Waals surface area contributed by atoms with E-state index in [1.807, 2.05) is 0 Å². The first-order valence-electron chi connectivity index (χ1n) is 6.77. The predicted molar refractivity (Wildman–Crippen MR) is 79.6 cm³/mol. The van der Waals surface area contributed by atoms with Gasteiger partial charge in [0.25, 0.3) is 5.69 Å². The molecule has 20 heavy (non-hydrogen) atoms. The first-order chi connectivity index (χ1) is 9.58. The molecule has 0 spiro atoms. The maximum atomic E-state index is 10.9. The van der Waals surface area contributed by atoms with Crippen molar-refractivity contribution in [3.63, 3.8) is 0 Å². The minimum Gasteiger partial charge on any atom is -0.384 e. The number of piperidine rings is 1. The van der Waals surface area contributed by atoms with E-state index < -0.39 is 4.92 Å². The Hall–Kier alpha value is -1.86. The molecule has 110 valence electrons. The molecule has 1 atom stereocenters. The van der Waals surface area contributed by atoms with Crippen LogP contribution in [-0.4, -0.2) is 36.5 Å². The third-order valence-electron chi connectivity index (χ3n) is 3.61. The molecule has 2 rings (SSSR count). The molecule has 0 amide bonds. The number of benzene rings is 1. The molecule has 0 aliphatic carbocycles. The zero-order valence-corrected chi connectivity index (χ0v) is 11.6. The molecule has 1 aliphatic rings. The number of hydrogen-bond acceptors (Lipinski definition) is 6. The first kappa shape index (κ1) is 14.5. The van der Waals surface area contributed by atoms with Crippen molar-refractivity contribution in [1.82, 2.24) is 4.90 Å². The Morgan fingerprint density at radius 3 is 2.85 bits per heavy atom. The molecule has 1 aromatic carbocycles. The predicted octanol–water partition coefficient (Wildman–Crippen LogP) is 1.63. The van der Waals surface area contributed by atoms with Crippen molar-refractivity contribution in [1.29, 1.82) is 0 Å². The molecule has 1 saturated heterocycles. The number of nitrogen functional groups attached to an aromatic ring is 1. The zero-order valence-electron chi connectivity index (χ0n) is 11.6. The number of non-ortho nitro benzene ring substituents is 1. The number of nitro benzene ring substituents is 1. The number of nitrogens with two attached hydrogens (primary N) is 1. The van der Waals surface area contributed by atoms with Crippen LogP contribution in [0, 0.1) is 16.0 Å². The van der Waals surface area contributed by atoms with Gasteiger partial charge >= 0.3 is 0 Å². The standard InChI is InChI=1S/C13H21N5O2/c1-17-4-2-3-10(9-17)8-15-11-5-12(16-14)7-13(6-11)18(19)20/h5-7,10,15-16H,2-4,8-9,14H2,1H3. The van der Waals surface area contributed by atoms with E-state index in [1.165, 1.54) is 25.0 Å². The number of nitrogens with one attached hydrogen (secondary N) is 2. The lowest BCUT2D eigenvalue weighted by atomic mass is 9.98. The topological polar surface area (TPSA) is 96.5 Å². The van der Waals surface area contributed by atoms with Crippen LogP contribution < -0.4 is 16.6 Å². The Balaban J connectivity index is 2.01. The fourth-order valence-electron chi connectivity index (χ4n) is 2.60. The summed E-state index contributed by atoms with van der Waals surface area (Å²) in [4.78, 5) is 12.8. The maximum absolute atomic E-state index is 10.9. The second kappa shape index (κ2) is 6.53. The van der Waals surface area contributed by atoms with E-state index >= 15 is 0 Å². The van der Waals surface area contributed by atoms with Gasteiger partial charge in [-0.05, 0) is 38.4 Å². The van der Waals surface area contributed by atoms with Gasteiger partial charge in [0.15, 0.2) is 0 Å². The van der Waals surface area contributed by atoms with Crippen molar-refractivity contribution in [2.24, 2.45) is 11.8 Å². The number of nitrogens with zero attached hydrogens (tertiary/aromatic N) is 2. The van der Waals surface area contributed by atoms with Gasteiger partial charge in [0, 0.05) is 30.9 Å². The van der Waals surface area contributed by atoms with Crippen LogP contribution in [0.5, 0.6) is 0 Å². The SMILES string of the molecule is CN1CCCC(CNc2cc(NN)cc([N+](=O)[O-])c2)C1. The highest BCUT2D eigenvalue weighted by Crippen LogP contribution is 2.24. The molecular formula is C13H21N5O2. The molecule has 0 radical (unpaired) electrons. The summed E-state index contributed by atoms with van der Waals surface area (Å²) in [6.45, 7) is 3.02. The van der Waals surface area contributed by atoms with Gasteiger partial charge in [-0.25, -0.2) is 0 Å². The Labute approximate surface area is 118 Å². The van der Waals surface area contributed by atoms with Gasteiger partial charge in [-0.3, -0.25) is 16.0 Å². The third-order valence-corrected chi connectivity index (χ3v) is 3.61. The summed E-state index contributed by atoms with van der Waals surface area (Å²) in [5, 5.41) is 14.2. The molecule has 7 nitrogen and oxygen atoms in total. The first-order valence-corrected chi connectivity index (χ1v) is 6.77. The van der Waals surface area contributed by atoms with Gasteiger partial charge < -0.3 is 15.6 Å². The van der Waals surface area contributed by atoms with E-state index in [9.17, 15) is 10.1 Å². The minimum absolute atomic E-state index is 0.0312. The lowest BCUT2D eigenvalue weighted by Gasteiger charge is -2.30. The monoisotopic (exact) mass is 279 g/mol. The van der Waals surface area contributed by atoms with Crippen molar-refractivity contribution in [2.45, 2.75) is 12.8 Å². The van der Waals surface area contributed by atoms with Gasteiger partial charge in [0.05, 0.1) is 10.6 Å². The number of anilines is 2. The summed E-state index contributed by atoms with van der Waals surface area (Å²) >= 11 is 0. The Morgan fingerprint density at radius 1 is 1.45 bits per heavy atom. The van der Waals surface area contributed by atoms with Crippen LogP contribution in [0.15, 0.2) is 18.2 Å². The van der Waals surface area contributed by atoms with Crippen LogP contribution >= 0.6 is 0 Å². The van der Waals surface area contributed by atoms with Crippen LogP contribution in [0.25, 0.3) is 0 Å². The average molecular weight is 279 g/mol. The van der Waals surface area contributed by atoms with Crippen molar-refractivity contribution in [2.75, 3.05) is 37.4 Å². The molecule has 0 bridgehead atoms. The molecule has 1 fully saturated rings. The minimum atomic E-state index is -0.416. The van der Waals surface area contributed by atoms with E-state index in [4.69, 9.17) is 5.84 Å².